The highest BCUT2D eigenvalue weighted by Crippen LogP contribution is 2.43. The van der Waals surface area contributed by atoms with Gasteiger partial charge in [-0.15, -0.1) is 0 Å². The van der Waals surface area contributed by atoms with Crippen LogP contribution in [0, 0.1) is 0 Å². The first-order chi connectivity index (χ1) is 23.8. The van der Waals surface area contributed by atoms with Crippen molar-refractivity contribution < 1.29 is 4.42 Å². The van der Waals surface area contributed by atoms with Gasteiger partial charge < -0.3 is 8.98 Å². The van der Waals surface area contributed by atoms with Gasteiger partial charge >= 0.3 is 0 Å². The Morgan fingerprint density at radius 2 is 1.08 bits per heavy atom. The van der Waals surface area contributed by atoms with Crippen LogP contribution in [0.2, 0.25) is 0 Å². The fraction of sp³-hybridized carbons (Fsp3) is 0. The summed E-state index contributed by atoms with van der Waals surface area (Å²) < 4.78 is 9.35. The number of hydrogen-bond acceptors (Lipinski definition) is 2. The zero-order valence-corrected chi connectivity index (χ0v) is 26.0. The van der Waals surface area contributed by atoms with Gasteiger partial charge in [-0.3, -0.25) is 0 Å². The van der Waals surface area contributed by atoms with Crippen molar-refractivity contribution in [2.24, 2.45) is 0 Å². The van der Waals surface area contributed by atoms with Crippen molar-refractivity contribution in [2.45, 2.75) is 0 Å². The molecule has 0 aliphatic heterocycles. The van der Waals surface area contributed by atoms with Crippen LogP contribution in [0.4, 0.5) is 0 Å². The van der Waals surface area contributed by atoms with Crippen LogP contribution in [0.15, 0.2) is 174 Å². The van der Waals surface area contributed by atoms with E-state index in [1.165, 1.54) is 16.5 Å². The molecule has 3 heterocycles. The van der Waals surface area contributed by atoms with Crippen LogP contribution in [0.1, 0.15) is 0 Å². The van der Waals surface area contributed by atoms with Crippen LogP contribution in [0.5, 0.6) is 0 Å². The van der Waals surface area contributed by atoms with Crippen LogP contribution in [0.3, 0.4) is 0 Å². The van der Waals surface area contributed by atoms with E-state index in [1.807, 2.05) is 6.07 Å². The molecule has 10 rings (SSSR count). The molecular weight excluding hydrogens is 585 g/mol. The molecule has 0 radical (unpaired) electrons. The third-order valence-corrected chi connectivity index (χ3v) is 9.60. The number of pyridine rings is 1. The molecule has 0 amide bonds. The third kappa shape index (κ3) is 4.04. The molecule has 7 aromatic carbocycles. The predicted molar refractivity (Wildman–Crippen MR) is 200 cm³/mol. The minimum Gasteiger partial charge on any atom is -0.455 e. The second kappa shape index (κ2) is 10.5. The number of para-hydroxylation sites is 3. The van der Waals surface area contributed by atoms with Crippen LogP contribution >= 0.6 is 0 Å². The van der Waals surface area contributed by atoms with E-state index < -0.39 is 0 Å². The quantitative estimate of drug-likeness (QED) is 0.198. The molecule has 0 aliphatic carbocycles. The maximum absolute atomic E-state index is 7.01. The Morgan fingerprint density at radius 3 is 1.92 bits per heavy atom. The average molecular weight is 613 g/mol. The minimum atomic E-state index is 0.853. The number of nitrogens with zero attached hydrogens (tertiary/aromatic N) is 2. The van der Waals surface area contributed by atoms with Crippen LogP contribution in [-0.2, 0) is 0 Å². The summed E-state index contributed by atoms with van der Waals surface area (Å²) >= 11 is 0. The van der Waals surface area contributed by atoms with Crippen molar-refractivity contribution in [3.8, 4) is 39.3 Å². The Balaban J connectivity index is 1.21. The van der Waals surface area contributed by atoms with Crippen molar-refractivity contribution in [3.63, 3.8) is 0 Å². The lowest BCUT2D eigenvalue weighted by atomic mass is 9.98. The molecule has 0 fully saturated rings. The first-order valence-corrected chi connectivity index (χ1v) is 16.3. The highest BCUT2D eigenvalue weighted by Gasteiger charge is 2.21. The van der Waals surface area contributed by atoms with Crippen LogP contribution in [-0.4, -0.2) is 9.55 Å². The molecule has 3 aromatic heterocycles. The van der Waals surface area contributed by atoms with E-state index in [4.69, 9.17) is 9.40 Å². The minimum absolute atomic E-state index is 0.853. The molecule has 0 atom stereocenters. The van der Waals surface area contributed by atoms with Gasteiger partial charge in [0.15, 0.2) is 0 Å². The Hall–Kier alpha value is -6.45. The van der Waals surface area contributed by atoms with E-state index in [0.717, 1.165) is 77.3 Å². The lowest BCUT2D eigenvalue weighted by Gasteiger charge is -2.11. The Kier molecular flexibility index (Phi) is 5.87. The third-order valence-electron chi connectivity index (χ3n) is 9.60. The van der Waals surface area contributed by atoms with Gasteiger partial charge in [0, 0.05) is 38.4 Å². The van der Waals surface area contributed by atoms with Gasteiger partial charge in [0.1, 0.15) is 11.2 Å². The Bertz CT molecular complexity index is 2810. The summed E-state index contributed by atoms with van der Waals surface area (Å²) in [5.41, 5.74) is 11.5. The van der Waals surface area contributed by atoms with E-state index in [2.05, 4.69) is 168 Å². The Labute approximate surface area is 277 Å². The summed E-state index contributed by atoms with van der Waals surface area (Å²) in [6, 6.07) is 59.9. The summed E-state index contributed by atoms with van der Waals surface area (Å²) in [5.74, 6) is 0. The maximum atomic E-state index is 7.01. The zero-order valence-electron chi connectivity index (χ0n) is 26.0. The van der Waals surface area contributed by atoms with Gasteiger partial charge in [0.2, 0.25) is 0 Å². The van der Waals surface area contributed by atoms with Gasteiger partial charge in [0.25, 0.3) is 0 Å². The van der Waals surface area contributed by atoms with E-state index in [9.17, 15) is 0 Å². The molecule has 224 valence electrons. The van der Waals surface area contributed by atoms with E-state index in [-0.39, 0.29) is 0 Å². The highest BCUT2D eigenvalue weighted by molar-refractivity contribution is 6.25. The fourth-order valence-corrected chi connectivity index (χ4v) is 7.37. The summed E-state index contributed by atoms with van der Waals surface area (Å²) in [6.07, 6.45) is 0. The summed E-state index contributed by atoms with van der Waals surface area (Å²) in [6.45, 7) is 0. The molecule has 0 saturated carbocycles. The van der Waals surface area contributed by atoms with Crippen molar-refractivity contribution in [3.05, 3.63) is 170 Å². The SMILES string of the molecule is c1ccc(-c2ccc(-c3cc4ccccc4c(-c4cccc5c4oc4c5ccc5c4c4ccccc4n5-c4ccccc4)n3)cc2)cc1. The van der Waals surface area contributed by atoms with E-state index in [0.29, 0.717) is 0 Å². The van der Waals surface area contributed by atoms with Crippen LogP contribution < -0.4 is 0 Å². The number of rotatable bonds is 4. The molecule has 10 aromatic rings. The van der Waals surface area contributed by atoms with Crippen molar-refractivity contribution in [2.75, 3.05) is 0 Å². The number of aromatic nitrogens is 2. The number of hydrogen-bond donors (Lipinski definition) is 0. The molecule has 3 heteroatoms. The predicted octanol–water partition coefficient (Wildman–Crippen LogP) is 12.2. The van der Waals surface area contributed by atoms with Crippen molar-refractivity contribution >= 4 is 54.5 Å². The molecule has 0 unspecified atom stereocenters. The van der Waals surface area contributed by atoms with Crippen molar-refractivity contribution in [1.82, 2.24) is 9.55 Å². The van der Waals surface area contributed by atoms with Gasteiger partial charge in [-0.2, -0.15) is 0 Å². The molecule has 48 heavy (non-hydrogen) atoms. The van der Waals surface area contributed by atoms with Crippen molar-refractivity contribution in [1.29, 1.82) is 0 Å². The first kappa shape index (κ1) is 26.7. The number of fused-ring (bicyclic) bond motifs is 8. The monoisotopic (exact) mass is 612 g/mol. The van der Waals surface area contributed by atoms with Gasteiger partial charge in [-0.1, -0.05) is 127 Å². The smallest absolute Gasteiger partial charge is 0.145 e. The van der Waals surface area contributed by atoms with Crippen LogP contribution in [0.25, 0.3) is 93.8 Å². The highest BCUT2D eigenvalue weighted by atomic mass is 16.3. The zero-order chi connectivity index (χ0) is 31.6. The fourth-order valence-electron chi connectivity index (χ4n) is 7.37. The second-order valence-corrected chi connectivity index (χ2v) is 12.3. The normalized spacial score (nSPS) is 11.8. The Morgan fingerprint density at radius 1 is 0.438 bits per heavy atom. The summed E-state index contributed by atoms with van der Waals surface area (Å²) in [7, 11) is 0. The molecule has 0 N–H and O–H groups in total. The molecular formula is C45H28N2O. The van der Waals surface area contributed by atoms with Gasteiger partial charge in [-0.05, 0) is 59.0 Å². The summed E-state index contributed by atoms with van der Waals surface area (Å²) in [5, 5.41) is 6.73. The first-order valence-electron chi connectivity index (χ1n) is 16.3. The second-order valence-electron chi connectivity index (χ2n) is 12.3. The topological polar surface area (TPSA) is 31.0 Å². The van der Waals surface area contributed by atoms with Gasteiger partial charge in [-0.25, -0.2) is 4.98 Å². The molecule has 3 nitrogen and oxygen atoms in total. The lowest BCUT2D eigenvalue weighted by Crippen LogP contribution is -1.92. The largest absolute Gasteiger partial charge is 0.455 e. The molecule has 0 bridgehead atoms. The van der Waals surface area contributed by atoms with E-state index >= 15 is 0 Å². The molecule has 0 saturated heterocycles. The molecule has 0 spiro atoms. The standard InChI is InChI=1S/C45H28N2O/c1-3-12-29(13-4-1)30-22-24-31(25-23-30)39-28-32-14-7-8-17-34(32)43(46-39)38-20-11-19-35-36-26-27-41-42(45(36)48-44(35)38)37-18-9-10-21-40(37)47(41)33-15-5-2-6-16-33/h1-28H. The average Bonchev–Trinajstić information content (AvgIpc) is 3.71. The molecule has 0 aliphatic rings. The maximum Gasteiger partial charge on any atom is 0.145 e. The van der Waals surface area contributed by atoms with Gasteiger partial charge in [0.05, 0.1) is 27.8 Å². The lowest BCUT2D eigenvalue weighted by molar-refractivity contribution is 0.674. The number of furan rings is 1. The summed E-state index contributed by atoms with van der Waals surface area (Å²) in [4.78, 5) is 5.36. The van der Waals surface area contributed by atoms with E-state index in [1.54, 1.807) is 0 Å². The number of benzene rings is 7.